The van der Waals surface area contributed by atoms with E-state index in [9.17, 15) is 4.79 Å². The molecule has 8 nitrogen and oxygen atoms in total. The fourth-order valence-electron chi connectivity index (χ4n) is 3.71. The first kappa shape index (κ1) is 21.0. The maximum absolute atomic E-state index is 12.9. The van der Waals surface area contributed by atoms with Gasteiger partial charge in [0.05, 0.1) is 44.0 Å². The molecule has 1 fully saturated rings. The molecule has 3 heterocycles. The summed E-state index contributed by atoms with van der Waals surface area (Å²) in [5.74, 6) is 1.98. The number of ether oxygens (including phenoxy) is 2. The summed E-state index contributed by atoms with van der Waals surface area (Å²) in [6.07, 6.45) is 6.70. The smallest absolute Gasteiger partial charge is 0.242 e. The van der Waals surface area contributed by atoms with Crippen LogP contribution in [0.5, 0.6) is 5.75 Å². The Bertz CT molecular complexity index is 1050. The van der Waals surface area contributed by atoms with Crippen molar-refractivity contribution in [2.45, 2.75) is 32.4 Å². The Morgan fingerprint density at radius 3 is 3.00 bits per heavy atom. The monoisotopic (exact) mass is 421 g/mol. The Kier molecular flexibility index (Phi) is 6.27. The lowest BCUT2D eigenvalue weighted by molar-refractivity contribution is -0.139. The van der Waals surface area contributed by atoms with Crippen molar-refractivity contribution < 1.29 is 14.3 Å². The van der Waals surface area contributed by atoms with Crippen LogP contribution in [0.25, 0.3) is 11.3 Å². The van der Waals surface area contributed by atoms with Crippen LogP contribution in [0.15, 0.2) is 49.1 Å². The third-order valence-corrected chi connectivity index (χ3v) is 5.34. The van der Waals surface area contributed by atoms with E-state index in [1.54, 1.807) is 25.7 Å². The van der Waals surface area contributed by atoms with E-state index in [0.29, 0.717) is 25.4 Å². The first-order chi connectivity index (χ1) is 15.0. The Morgan fingerprint density at radius 2 is 2.19 bits per heavy atom. The van der Waals surface area contributed by atoms with Gasteiger partial charge in [-0.3, -0.25) is 9.78 Å². The van der Waals surface area contributed by atoms with Crippen molar-refractivity contribution in [1.82, 2.24) is 24.4 Å². The highest BCUT2D eigenvalue weighted by molar-refractivity contribution is 5.76. The molecule has 1 amide bonds. The molecule has 3 aromatic rings. The van der Waals surface area contributed by atoms with Crippen molar-refractivity contribution in [3.8, 4) is 17.0 Å². The number of imidazole rings is 1. The molecule has 162 valence electrons. The van der Waals surface area contributed by atoms with Crippen LogP contribution in [0.1, 0.15) is 37.4 Å². The lowest BCUT2D eigenvalue weighted by Gasteiger charge is -2.33. The zero-order valence-electron chi connectivity index (χ0n) is 18.1. The van der Waals surface area contributed by atoms with E-state index in [1.807, 2.05) is 39.9 Å². The molecule has 0 aliphatic carbocycles. The van der Waals surface area contributed by atoms with E-state index in [1.165, 1.54) is 0 Å². The standard InChI is InChI=1S/C23H27N5O3/c1-16(2)23-25-7-8-28(23)15-22(29)27-9-10-31-21(14-27)20-13-24-12-19(26-20)17-5-4-6-18(11-17)30-3/h4-8,11-13,16,21H,9-10,14-15H2,1-3H3/t21-/m1/s1. The second kappa shape index (κ2) is 9.26. The van der Waals surface area contributed by atoms with E-state index in [4.69, 9.17) is 14.5 Å². The van der Waals surface area contributed by atoms with Gasteiger partial charge >= 0.3 is 0 Å². The van der Waals surface area contributed by atoms with E-state index >= 15 is 0 Å². The minimum Gasteiger partial charge on any atom is -0.497 e. The normalized spacial score (nSPS) is 16.5. The topological polar surface area (TPSA) is 82.4 Å². The molecule has 8 heteroatoms. The number of hydrogen-bond acceptors (Lipinski definition) is 6. The van der Waals surface area contributed by atoms with Crippen LogP contribution < -0.4 is 4.74 Å². The van der Waals surface area contributed by atoms with Crippen molar-refractivity contribution in [2.24, 2.45) is 0 Å². The maximum atomic E-state index is 12.9. The molecule has 1 aliphatic heterocycles. The summed E-state index contributed by atoms with van der Waals surface area (Å²) in [7, 11) is 1.64. The number of rotatable bonds is 6. The Morgan fingerprint density at radius 1 is 1.32 bits per heavy atom. The second-order valence-corrected chi connectivity index (χ2v) is 7.83. The van der Waals surface area contributed by atoms with Gasteiger partial charge in [-0.05, 0) is 12.1 Å². The third-order valence-electron chi connectivity index (χ3n) is 5.34. The summed E-state index contributed by atoms with van der Waals surface area (Å²) >= 11 is 0. The van der Waals surface area contributed by atoms with Crippen LogP contribution >= 0.6 is 0 Å². The van der Waals surface area contributed by atoms with Gasteiger partial charge < -0.3 is 18.9 Å². The predicted molar refractivity (Wildman–Crippen MR) is 116 cm³/mol. The average molecular weight is 422 g/mol. The van der Waals surface area contributed by atoms with Crippen molar-refractivity contribution in [1.29, 1.82) is 0 Å². The molecule has 0 bridgehead atoms. The highest BCUT2D eigenvalue weighted by atomic mass is 16.5. The molecule has 0 spiro atoms. The number of benzene rings is 1. The van der Waals surface area contributed by atoms with Gasteiger partial charge in [-0.2, -0.15) is 0 Å². The molecule has 2 aromatic heterocycles. The SMILES string of the molecule is COc1cccc(-c2cncc([C@H]3CN(C(=O)Cn4ccnc4C(C)C)CCO3)n2)c1. The molecule has 0 saturated carbocycles. The predicted octanol–water partition coefficient (Wildman–Crippen LogP) is 3.07. The van der Waals surface area contributed by atoms with Crippen molar-refractivity contribution >= 4 is 5.91 Å². The average Bonchev–Trinajstić information content (AvgIpc) is 3.28. The molecule has 1 atom stereocenters. The Hall–Kier alpha value is -3.26. The summed E-state index contributed by atoms with van der Waals surface area (Å²) in [5, 5.41) is 0. The van der Waals surface area contributed by atoms with Gasteiger partial charge in [0.2, 0.25) is 5.91 Å². The summed E-state index contributed by atoms with van der Waals surface area (Å²) in [4.78, 5) is 28.3. The quantitative estimate of drug-likeness (QED) is 0.608. The molecule has 1 saturated heterocycles. The van der Waals surface area contributed by atoms with Gasteiger partial charge in [-0.1, -0.05) is 26.0 Å². The van der Waals surface area contributed by atoms with Crippen LogP contribution in [0, 0.1) is 0 Å². The zero-order chi connectivity index (χ0) is 21.8. The molecule has 0 unspecified atom stereocenters. The Balaban J connectivity index is 1.48. The van der Waals surface area contributed by atoms with Gasteiger partial charge in [0.1, 0.15) is 24.2 Å². The molecule has 0 radical (unpaired) electrons. The molecule has 31 heavy (non-hydrogen) atoms. The van der Waals surface area contributed by atoms with E-state index < -0.39 is 0 Å². The molecule has 0 N–H and O–H groups in total. The molecule has 1 aromatic carbocycles. The van der Waals surface area contributed by atoms with Gasteiger partial charge in [0.15, 0.2) is 0 Å². The number of aromatic nitrogens is 4. The molecule has 4 rings (SSSR count). The van der Waals surface area contributed by atoms with Crippen LogP contribution in [0.3, 0.4) is 0 Å². The molecular formula is C23H27N5O3. The summed E-state index contributed by atoms with van der Waals surface area (Å²) in [5.41, 5.74) is 2.37. The fourth-order valence-corrected chi connectivity index (χ4v) is 3.71. The molecule has 1 aliphatic rings. The highest BCUT2D eigenvalue weighted by Crippen LogP contribution is 2.25. The first-order valence-corrected chi connectivity index (χ1v) is 10.4. The highest BCUT2D eigenvalue weighted by Gasteiger charge is 2.27. The van der Waals surface area contributed by atoms with E-state index in [2.05, 4.69) is 23.8 Å². The number of hydrogen-bond donors (Lipinski definition) is 0. The van der Waals surface area contributed by atoms with Crippen LogP contribution in [0.4, 0.5) is 0 Å². The van der Waals surface area contributed by atoms with Gasteiger partial charge in [-0.25, -0.2) is 9.97 Å². The Labute approximate surface area is 181 Å². The summed E-state index contributed by atoms with van der Waals surface area (Å²) in [6, 6.07) is 7.69. The minimum absolute atomic E-state index is 0.0464. The third kappa shape index (κ3) is 4.74. The van der Waals surface area contributed by atoms with E-state index in [0.717, 1.165) is 22.8 Å². The van der Waals surface area contributed by atoms with E-state index in [-0.39, 0.29) is 24.5 Å². The van der Waals surface area contributed by atoms with Crippen LogP contribution in [0.2, 0.25) is 0 Å². The minimum atomic E-state index is -0.317. The molecular weight excluding hydrogens is 394 g/mol. The van der Waals surface area contributed by atoms with Crippen molar-refractivity contribution in [3.63, 3.8) is 0 Å². The maximum Gasteiger partial charge on any atom is 0.242 e. The van der Waals surface area contributed by atoms with Crippen molar-refractivity contribution in [2.75, 3.05) is 26.8 Å². The number of methoxy groups -OCH3 is 1. The number of carbonyl (C=O) groups is 1. The van der Waals surface area contributed by atoms with Gasteiger partial charge in [0.25, 0.3) is 0 Å². The summed E-state index contributed by atoms with van der Waals surface area (Å²) < 4.78 is 13.2. The van der Waals surface area contributed by atoms with Gasteiger partial charge in [-0.15, -0.1) is 0 Å². The van der Waals surface area contributed by atoms with Crippen LogP contribution in [-0.4, -0.2) is 57.1 Å². The van der Waals surface area contributed by atoms with Crippen LogP contribution in [-0.2, 0) is 16.1 Å². The van der Waals surface area contributed by atoms with Crippen molar-refractivity contribution in [3.05, 3.63) is 60.6 Å². The largest absolute Gasteiger partial charge is 0.497 e. The number of amides is 1. The zero-order valence-corrected chi connectivity index (χ0v) is 18.1. The number of morpholine rings is 1. The lowest BCUT2D eigenvalue weighted by Crippen LogP contribution is -2.44. The fraction of sp³-hybridized carbons (Fsp3) is 0.391. The first-order valence-electron chi connectivity index (χ1n) is 10.4. The second-order valence-electron chi connectivity index (χ2n) is 7.83. The number of carbonyl (C=O) groups excluding carboxylic acids is 1. The summed E-state index contributed by atoms with van der Waals surface area (Å²) in [6.45, 7) is 5.88. The number of nitrogens with zero attached hydrogens (tertiary/aromatic N) is 5. The lowest BCUT2D eigenvalue weighted by atomic mass is 10.1. The van der Waals surface area contributed by atoms with Gasteiger partial charge in [0, 0.05) is 30.4 Å².